The maximum absolute atomic E-state index is 6.23. The Morgan fingerprint density at radius 1 is 1.20 bits per heavy atom. The lowest BCUT2D eigenvalue weighted by atomic mass is 9.69. The van der Waals surface area contributed by atoms with Crippen molar-refractivity contribution in [1.29, 1.82) is 0 Å². The van der Waals surface area contributed by atoms with Gasteiger partial charge in [-0.05, 0) is 56.5 Å². The highest BCUT2D eigenvalue weighted by Gasteiger charge is 2.39. The molecule has 2 atom stereocenters. The van der Waals surface area contributed by atoms with Crippen molar-refractivity contribution in [2.24, 2.45) is 17.3 Å². The van der Waals surface area contributed by atoms with Crippen molar-refractivity contribution in [2.75, 3.05) is 20.6 Å². The summed E-state index contributed by atoms with van der Waals surface area (Å²) in [6.07, 6.45) is 5.53. The second kappa shape index (κ2) is 6.30. The zero-order valence-corrected chi connectivity index (χ0v) is 14.1. The fourth-order valence-electron chi connectivity index (χ4n) is 3.58. The highest BCUT2D eigenvalue weighted by Crippen LogP contribution is 2.41. The van der Waals surface area contributed by atoms with Gasteiger partial charge in [-0.15, -0.1) is 0 Å². The summed E-state index contributed by atoms with van der Waals surface area (Å²) in [6.45, 7) is 10.3. The number of hydrogen-bond donors (Lipinski definition) is 1. The number of nitrogens with zero attached hydrogens (tertiary/aromatic N) is 2. The van der Waals surface area contributed by atoms with E-state index in [9.17, 15) is 0 Å². The van der Waals surface area contributed by atoms with E-state index in [0.29, 0.717) is 11.3 Å². The molecule has 1 N–H and O–H groups in total. The smallest absolute Gasteiger partial charge is 0.182 e. The molecule has 0 aromatic rings. The van der Waals surface area contributed by atoms with E-state index in [4.69, 9.17) is 4.74 Å². The van der Waals surface area contributed by atoms with Crippen molar-refractivity contribution in [3.05, 3.63) is 0 Å². The normalized spacial score (nSPS) is 36.8. The summed E-state index contributed by atoms with van der Waals surface area (Å²) >= 11 is 0. The van der Waals surface area contributed by atoms with E-state index < -0.39 is 0 Å². The summed E-state index contributed by atoms with van der Waals surface area (Å²) in [5.41, 5.74) is 3.97. The Morgan fingerprint density at radius 2 is 1.80 bits per heavy atom. The molecular formula is C16H33N3O. The minimum atomic E-state index is 0.0744. The van der Waals surface area contributed by atoms with Crippen LogP contribution in [0.4, 0.5) is 0 Å². The van der Waals surface area contributed by atoms with Gasteiger partial charge >= 0.3 is 0 Å². The molecule has 1 saturated heterocycles. The maximum atomic E-state index is 6.23. The molecule has 1 saturated carbocycles. The summed E-state index contributed by atoms with van der Waals surface area (Å²) in [7, 11) is 4.19. The van der Waals surface area contributed by atoms with E-state index in [1.807, 2.05) is 0 Å². The van der Waals surface area contributed by atoms with Gasteiger partial charge in [0.25, 0.3) is 0 Å². The predicted octanol–water partition coefficient (Wildman–Crippen LogP) is 2.87. The van der Waals surface area contributed by atoms with Crippen molar-refractivity contribution in [1.82, 2.24) is 15.3 Å². The molecule has 1 aliphatic carbocycles. The van der Waals surface area contributed by atoms with Crippen LogP contribution in [0.15, 0.2) is 0 Å². The molecule has 1 aliphatic heterocycles. The van der Waals surface area contributed by atoms with Crippen LogP contribution in [-0.4, -0.2) is 43.1 Å². The van der Waals surface area contributed by atoms with Crippen LogP contribution in [0.1, 0.15) is 53.4 Å². The third kappa shape index (κ3) is 3.53. The Kier molecular flexibility index (Phi) is 5.11. The van der Waals surface area contributed by atoms with Gasteiger partial charge < -0.3 is 4.74 Å². The third-order valence-corrected chi connectivity index (χ3v) is 5.23. The van der Waals surface area contributed by atoms with E-state index in [1.54, 1.807) is 0 Å². The molecule has 4 heteroatoms. The van der Waals surface area contributed by atoms with Crippen LogP contribution >= 0.6 is 0 Å². The standard InChI is InChI=1S/C16H33N3O/c1-7-18(5)15-19(6)17-14(20-15)12-8-10-13(11-9-12)16(2,3)4/h12-15,17H,7-11H2,1-6H3. The fourth-order valence-corrected chi connectivity index (χ4v) is 3.58. The summed E-state index contributed by atoms with van der Waals surface area (Å²) in [6, 6.07) is 0. The Labute approximate surface area is 124 Å². The van der Waals surface area contributed by atoms with Gasteiger partial charge in [-0.2, -0.15) is 0 Å². The second-order valence-electron chi connectivity index (χ2n) is 7.67. The van der Waals surface area contributed by atoms with Gasteiger partial charge in [0.05, 0.1) is 0 Å². The summed E-state index contributed by atoms with van der Waals surface area (Å²) < 4.78 is 6.23. The van der Waals surface area contributed by atoms with Crippen LogP contribution in [-0.2, 0) is 4.74 Å². The van der Waals surface area contributed by atoms with Crippen molar-refractivity contribution in [3.63, 3.8) is 0 Å². The Bertz CT molecular complexity index is 307. The average Bonchev–Trinajstić information content (AvgIpc) is 2.79. The number of hydrazine groups is 1. The molecule has 2 fully saturated rings. The molecule has 0 radical (unpaired) electrons. The first-order valence-electron chi connectivity index (χ1n) is 8.17. The van der Waals surface area contributed by atoms with Gasteiger partial charge in [-0.1, -0.05) is 27.7 Å². The van der Waals surface area contributed by atoms with E-state index in [2.05, 4.69) is 57.1 Å². The fraction of sp³-hybridized carbons (Fsp3) is 1.00. The molecule has 2 aliphatic rings. The van der Waals surface area contributed by atoms with E-state index >= 15 is 0 Å². The summed E-state index contributed by atoms with van der Waals surface area (Å²) in [5.74, 6) is 1.53. The lowest BCUT2D eigenvalue weighted by molar-refractivity contribution is -0.104. The van der Waals surface area contributed by atoms with E-state index in [0.717, 1.165) is 12.5 Å². The van der Waals surface area contributed by atoms with Gasteiger partial charge in [0.15, 0.2) is 6.35 Å². The summed E-state index contributed by atoms with van der Waals surface area (Å²) in [4.78, 5) is 2.23. The number of rotatable bonds is 3. The Balaban J connectivity index is 1.86. The zero-order chi connectivity index (χ0) is 14.9. The molecule has 2 unspecified atom stereocenters. The molecule has 0 aromatic carbocycles. The van der Waals surface area contributed by atoms with Crippen LogP contribution in [0.5, 0.6) is 0 Å². The number of ether oxygens (including phenoxy) is 1. The number of nitrogens with one attached hydrogen (secondary N) is 1. The van der Waals surface area contributed by atoms with Crippen LogP contribution in [0, 0.1) is 17.3 Å². The Morgan fingerprint density at radius 3 is 2.30 bits per heavy atom. The first-order valence-corrected chi connectivity index (χ1v) is 8.17. The molecule has 0 amide bonds. The molecule has 0 bridgehead atoms. The third-order valence-electron chi connectivity index (χ3n) is 5.23. The molecule has 1 heterocycles. The van der Waals surface area contributed by atoms with Gasteiger partial charge in [0, 0.05) is 7.05 Å². The van der Waals surface area contributed by atoms with Gasteiger partial charge in [0.1, 0.15) is 6.23 Å². The van der Waals surface area contributed by atoms with Crippen molar-refractivity contribution in [2.45, 2.75) is 66.0 Å². The monoisotopic (exact) mass is 283 g/mol. The molecular weight excluding hydrogens is 250 g/mol. The van der Waals surface area contributed by atoms with Crippen LogP contribution < -0.4 is 5.43 Å². The topological polar surface area (TPSA) is 27.7 Å². The second-order valence-corrected chi connectivity index (χ2v) is 7.67. The predicted molar refractivity (Wildman–Crippen MR) is 82.8 cm³/mol. The van der Waals surface area contributed by atoms with Crippen LogP contribution in [0.25, 0.3) is 0 Å². The lowest BCUT2D eigenvalue weighted by Gasteiger charge is -2.38. The van der Waals surface area contributed by atoms with Crippen LogP contribution in [0.2, 0.25) is 0 Å². The van der Waals surface area contributed by atoms with Crippen molar-refractivity contribution >= 4 is 0 Å². The number of hydrogen-bond acceptors (Lipinski definition) is 4. The maximum Gasteiger partial charge on any atom is 0.182 e. The SMILES string of the molecule is CCN(C)C1OC(C2CCC(C(C)(C)C)CC2)NN1C. The largest absolute Gasteiger partial charge is 0.329 e. The molecule has 20 heavy (non-hydrogen) atoms. The van der Waals surface area contributed by atoms with Gasteiger partial charge in [-0.3, -0.25) is 4.90 Å². The van der Waals surface area contributed by atoms with Crippen molar-refractivity contribution < 1.29 is 4.74 Å². The average molecular weight is 283 g/mol. The van der Waals surface area contributed by atoms with E-state index in [-0.39, 0.29) is 12.6 Å². The molecule has 0 spiro atoms. The minimum absolute atomic E-state index is 0.0744. The van der Waals surface area contributed by atoms with Crippen LogP contribution in [0.3, 0.4) is 0 Å². The zero-order valence-electron chi connectivity index (χ0n) is 14.1. The highest BCUT2D eigenvalue weighted by molar-refractivity contribution is 4.84. The molecule has 4 nitrogen and oxygen atoms in total. The molecule has 118 valence electrons. The first kappa shape index (κ1) is 16.2. The highest BCUT2D eigenvalue weighted by atomic mass is 16.6. The lowest BCUT2D eigenvalue weighted by Crippen LogP contribution is -2.45. The minimum Gasteiger partial charge on any atom is -0.329 e. The summed E-state index contributed by atoms with van der Waals surface area (Å²) in [5, 5.41) is 2.12. The first-order chi connectivity index (χ1) is 9.32. The van der Waals surface area contributed by atoms with Crippen molar-refractivity contribution in [3.8, 4) is 0 Å². The quantitative estimate of drug-likeness (QED) is 0.862. The Hall–Kier alpha value is -0.160. The molecule has 2 rings (SSSR count). The van der Waals surface area contributed by atoms with Gasteiger partial charge in [0.2, 0.25) is 0 Å². The van der Waals surface area contributed by atoms with Gasteiger partial charge in [-0.25, -0.2) is 10.4 Å². The molecule has 0 aromatic heterocycles. The van der Waals surface area contributed by atoms with E-state index in [1.165, 1.54) is 25.7 Å².